The van der Waals surface area contributed by atoms with Crippen molar-refractivity contribution >= 4 is 54.9 Å². The van der Waals surface area contributed by atoms with Crippen LogP contribution in [0.3, 0.4) is 0 Å². The average Bonchev–Trinajstić information content (AvgIpc) is 1.04. The number of furan rings is 1. The number of allylic oxidation sites excluding steroid dienone is 4. The van der Waals surface area contributed by atoms with E-state index in [1.807, 2.05) is 219 Å². The Morgan fingerprint density at radius 3 is 1.34 bits per heavy atom. The number of hydrogen-bond donors (Lipinski definition) is 2. The van der Waals surface area contributed by atoms with Gasteiger partial charge in [0.2, 0.25) is 0 Å². The van der Waals surface area contributed by atoms with Gasteiger partial charge in [0.25, 0.3) is 0 Å². The minimum atomic E-state index is -0.229. The van der Waals surface area contributed by atoms with Crippen LogP contribution in [0, 0.1) is 83.8 Å². The zero-order valence-corrected chi connectivity index (χ0v) is 80.6. The summed E-state index contributed by atoms with van der Waals surface area (Å²) in [5.41, 5.74) is 26.6. The molecule has 636 valence electrons. The fraction of sp³-hybridized carbons (Fsp3) is 0.0935. The van der Waals surface area contributed by atoms with Crippen LogP contribution in [-0.2, 0) is 90.0 Å². The summed E-state index contributed by atoms with van der Waals surface area (Å²) >= 11 is 1.74. The summed E-state index contributed by atoms with van der Waals surface area (Å²) in [5, 5.41) is 22.2. The first-order chi connectivity index (χ1) is 58.7. The molecule has 12 nitrogen and oxygen atoms in total. The van der Waals surface area contributed by atoms with Gasteiger partial charge in [0.15, 0.2) is 11.6 Å². The van der Waals surface area contributed by atoms with E-state index in [0.29, 0.717) is 0 Å². The molecule has 10 aromatic carbocycles. The van der Waals surface area contributed by atoms with E-state index in [0.717, 1.165) is 129 Å². The van der Waals surface area contributed by atoms with E-state index in [1.165, 1.54) is 89.9 Å². The van der Waals surface area contributed by atoms with Crippen LogP contribution in [0.1, 0.15) is 61.1 Å². The third-order valence-corrected chi connectivity index (χ3v) is 18.9. The quantitative estimate of drug-likeness (QED) is 0.0712. The molecule has 18 rings (SSSR count). The topological polar surface area (TPSA) is 178 Å². The van der Waals surface area contributed by atoms with E-state index in [4.69, 9.17) is 24.6 Å². The largest absolute Gasteiger partial charge is 0.512 e. The number of aromatic nitrogens is 7. The van der Waals surface area contributed by atoms with Crippen molar-refractivity contribution in [2.24, 2.45) is 0 Å². The molecule has 2 N–H and O–H groups in total. The molecule has 8 aromatic heterocycles. The Balaban J connectivity index is 0.000000203. The average molecular weight is 2370 g/mol. The number of carbonyl (C=O) groups excluding carboxylic acids is 2. The molecular weight excluding hydrogens is 2280 g/mol. The summed E-state index contributed by atoms with van der Waals surface area (Å²) in [6.07, 6.45) is 13.3. The van der Waals surface area contributed by atoms with Crippen molar-refractivity contribution in [2.45, 2.75) is 69.2 Å². The van der Waals surface area contributed by atoms with Gasteiger partial charge >= 0.3 is 0 Å². The van der Waals surface area contributed by atoms with Crippen LogP contribution in [0.5, 0.6) is 0 Å². The monoisotopic (exact) mass is 2370 g/mol. The molecular formula is C107H88FIr4N7O5S-6. The Bertz CT molecular complexity index is 6210. The standard InChI is InChI=1S/C28H27N2.C17H11FN.C17H10NO.C13H8NS.2C11H8N.2C5H8O2.4Ir/c1-17-10-18(2)13-23(12-17)27-28(24-14-19(3)11-20(4)15-24)30-25(16-29-27)26-21(5)8-7-9-22(26)6;18-16-9-6-13(7-10-16)15-8-11-17(19-12-15)14-4-2-1-3-5-14;1-2-6-12(7-3-1)15-10-17-14(11-18-15)13-8-4-5-9-16(13)19-17;1-2-4-10(5-3-1)13-11-7-9-15-12(11)6-8-14-13;2*1-2-6-10(7-3-1)11-8-4-5-9-12-11;2*1-4(6)3-5(2)7;;;;/h7-12,14-16H,1-6H3;1-4,6-12H;1-6,8-11H;1-4,6-9H;2*1-6,8-9H;2*3,6H,1-2H3;;;;/q6*-1;;;;;;. The molecule has 4 radical (unpaired) electrons. The summed E-state index contributed by atoms with van der Waals surface area (Å²) in [7, 11) is 0. The summed E-state index contributed by atoms with van der Waals surface area (Å²) < 4.78 is 20.0. The van der Waals surface area contributed by atoms with Crippen LogP contribution < -0.4 is 0 Å². The van der Waals surface area contributed by atoms with Crippen molar-refractivity contribution in [3.8, 4) is 101 Å². The summed E-state index contributed by atoms with van der Waals surface area (Å²) in [6, 6.07) is 112. The maximum Gasteiger partial charge on any atom is 0.155 e. The summed E-state index contributed by atoms with van der Waals surface area (Å²) in [4.78, 5) is 51.9. The second-order valence-corrected chi connectivity index (χ2v) is 29.0. The van der Waals surface area contributed by atoms with Crippen LogP contribution in [0.4, 0.5) is 4.39 Å². The molecule has 0 unspecified atom stereocenters. The Labute approximate surface area is 789 Å². The van der Waals surface area contributed by atoms with Gasteiger partial charge in [0, 0.05) is 156 Å². The number of thiophene rings is 1. The van der Waals surface area contributed by atoms with E-state index in [2.05, 4.69) is 169 Å². The zero-order valence-electron chi connectivity index (χ0n) is 70.2. The molecule has 0 aliphatic carbocycles. The molecule has 0 fully saturated rings. The number of nitrogens with zero attached hydrogens (tertiary/aromatic N) is 7. The predicted octanol–water partition coefficient (Wildman–Crippen LogP) is 26.9. The van der Waals surface area contributed by atoms with Gasteiger partial charge in [-0.3, -0.25) is 14.6 Å². The van der Waals surface area contributed by atoms with Crippen molar-refractivity contribution in [1.29, 1.82) is 0 Å². The minimum absolute atomic E-state index is 0. The SMILES string of the molecule is CC(=O)C=C(C)O.CC(=O)C=C(C)O.Cc1[c-]c(-c2ncc(-c3c(C)cccc3C)nc2-c2cc(C)cc(C)c2)cc(C)c1.Fc1ccc(-c2ccc(-c3[c-]cccc3)nc2)cc1.[Ir].[Ir].[Ir].[Ir].[c-]1ccccc1-c1cc2oc3ccccc3c2cn1.[c-]1ccccc1-c1ccccn1.[c-]1ccccc1-c1ccccn1.[c-]1ccccc1-c1nccc2sccc12. The maximum absolute atomic E-state index is 12.9. The fourth-order valence-corrected chi connectivity index (χ4v) is 13.7. The third kappa shape index (κ3) is 30.3. The second-order valence-electron chi connectivity index (χ2n) is 28.0. The molecule has 18 aromatic rings. The van der Waals surface area contributed by atoms with Gasteiger partial charge in [-0.1, -0.05) is 134 Å². The first-order valence-corrected chi connectivity index (χ1v) is 39.9. The van der Waals surface area contributed by atoms with Crippen LogP contribution in [0.25, 0.3) is 133 Å². The summed E-state index contributed by atoms with van der Waals surface area (Å²) in [6.45, 7) is 18.4. The third-order valence-electron chi connectivity index (χ3n) is 18.1. The normalized spacial score (nSPS) is 10.3. The molecule has 0 aliphatic heterocycles. The number of pyridine rings is 5. The van der Waals surface area contributed by atoms with Crippen molar-refractivity contribution in [3.05, 3.63) is 427 Å². The molecule has 0 saturated heterocycles. The van der Waals surface area contributed by atoms with E-state index in [9.17, 15) is 14.0 Å². The van der Waals surface area contributed by atoms with Crippen LogP contribution in [0.15, 0.2) is 356 Å². The first-order valence-electron chi connectivity index (χ1n) is 39.0. The number of ketones is 2. The molecule has 0 bridgehead atoms. The van der Waals surface area contributed by atoms with E-state index >= 15 is 0 Å². The molecule has 0 saturated carbocycles. The molecule has 0 aliphatic rings. The van der Waals surface area contributed by atoms with Crippen LogP contribution in [0.2, 0.25) is 0 Å². The molecule has 125 heavy (non-hydrogen) atoms. The fourth-order valence-electron chi connectivity index (χ4n) is 12.9. The number of para-hydroxylation sites is 1. The zero-order chi connectivity index (χ0) is 85.4. The molecule has 18 heteroatoms. The van der Waals surface area contributed by atoms with E-state index in [-0.39, 0.29) is 109 Å². The minimum Gasteiger partial charge on any atom is -0.512 e. The molecule has 8 heterocycles. The molecule has 0 spiro atoms. The Morgan fingerprint density at radius 1 is 0.368 bits per heavy atom. The number of benzene rings is 10. The Morgan fingerprint density at radius 2 is 0.856 bits per heavy atom. The number of aliphatic hydroxyl groups excluding tert-OH is 2. The Kier molecular flexibility index (Phi) is 40.8. The van der Waals surface area contributed by atoms with Crippen LogP contribution in [-0.4, -0.2) is 56.7 Å². The second kappa shape index (κ2) is 51.1. The predicted molar refractivity (Wildman–Crippen MR) is 490 cm³/mol. The van der Waals surface area contributed by atoms with Crippen molar-refractivity contribution in [1.82, 2.24) is 34.9 Å². The molecule has 0 atom stereocenters. The smallest absolute Gasteiger partial charge is 0.155 e. The first kappa shape index (κ1) is 99.8. The van der Waals surface area contributed by atoms with Crippen molar-refractivity contribution in [3.63, 3.8) is 0 Å². The van der Waals surface area contributed by atoms with Gasteiger partial charge in [-0.2, -0.15) is 0 Å². The maximum atomic E-state index is 12.9. The van der Waals surface area contributed by atoms with Gasteiger partial charge in [-0.25, -0.2) is 4.39 Å². The van der Waals surface area contributed by atoms with Gasteiger partial charge in [-0.15, -0.1) is 226 Å². The van der Waals surface area contributed by atoms with Gasteiger partial charge in [0.1, 0.15) is 17.0 Å². The number of aliphatic hydroxyl groups is 2. The molecule has 0 amide bonds. The van der Waals surface area contributed by atoms with Gasteiger partial charge in [-0.05, 0) is 165 Å². The van der Waals surface area contributed by atoms with E-state index in [1.54, 1.807) is 42.1 Å². The number of rotatable bonds is 11. The van der Waals surface area contributed by atoms with Crippen molar-refractivity contribution < 1.29 is 109 Å². The number of halogens is 1. The van der Waals surface area contributed by atoms with Crippen molar-refractivity contribution in [2.75, 3.05) is 0 Å². The number of aryl methyl sites for hydroxylation is 6. The Hall–Kier alpha value is -12.3. The number of hydrogen-bond acceptors (Lipinski definition) is 13. The summed E-state index contributed by atoms with van der Waals surface area (Å²) in [5.74, 6) is -0.354. The number of fused-ring (bicyclic) bond motifs is 4. The van der Waals surface area contributed by atoms with E-state index < -0.39 is 0 Å². The van der Waals surface area contributed by atoms with Crippen LogP contribution >= 0.6 is 11.3 Å². The van der Waals surface area contributed by atoms with Gasteiger partial charge < -0.3 is 44.5 Å². The number of carbonyl (C=O) groups is 2. The van der Waals surface area contributed by atoms with Gasteiger partial charge in [0.05, 0.1) is 22.9 Å².